The zero-order valence-electron chi connectivity index (χ0n) is 6.21. The molecule has 1 heterocycles. The molecule has 0 aliphatic carbocycles. The highest BCUT2D eigenvalue weighted by Crippen LogP contribution is 2.13. The maximum atomic E-state index is 4.05. The summed E-state index contributed by atoms with van der Waals surface area (Å²) in [5.74, 6) is 0. The summed E-state index contributed by atoms with van der Waals surface area (Å²) in [5.41, 5.74) is 0. The molecule has 0 bridgehead atoms. The molecule has 2 nitrogen and oxygen atoms in total. The minimum Gasteiger partial charge on any atom is -0.323 e. The zero-order valence-corrected chi connectivity index (χ0v) is 8.37. The highest BCUT2D eigenvalue weighted by molar-refractivity contribution is 14.1. The topological polar surface area (TPSA) is 17.8 Å². The third-order valence-electron chi connectivity index (χ3n) is 1.68. The zero-order chi connectivity index (χ0) is 7.56. The van der Waals surface area contributed by atoms with Gasteiger partial charge in [0.1, 0.15) is 0 Å². The van der Waals surface area contributed by atoms with Gasteiger partial charge in [-0.3, -0.25) is 0 Å². The molecule has 0 aromatic carbocycles. The third kappa shape index (κ3) is 1.51. The van der Waals surface area contributed by atoms with Crippen LogP contribution >= 0.6 is 22.6 Å². The Hall–Kier alpha value is -0.0600. The molecule has 0 saturated carbocycles. The molecule has 1 aromatic heterocycles. The Morgan fingerprint density at radius 1 is 1.80 bits per heavy atom. The second-order valence-electron chi connectivity index (χ2n) is 2.38. The first-order chi connectivity index (χ1) is 4.75. The van der Waals surface area contributed by atoms with E-state index < -0.39 is 0 Å². The number of nitrogens with zero attached hydrogens (tertiary/aromatic N) is 2. The van der Waals surface area contributed by atoms with Crippen LogP contribution in [0, 0.1) is 3.70 Å². The van der Waals surface area contributed by atoms with Gasteiger partial charge in [-0.05, 0) is 35.9 Å². The van der Waals surface area contributed by atoms with Crippen molar-refractivity contribution in [3.8, 4) is 0 Å². The number of hydrogen-bond acceptors (Lipinski definition) is 1. The van der Waals surface area contributed by atoms with E-state index in [1.54, 1.807) is 0 Å². The molecule has 0 spiro atoms. The van der Waals surface area contributed by atoms with Gasteiger partial charge in [0.05, 0.1) is 16.2 Å². The Morgan fingerprint density at radius 2 is 2.50 bits per heavy atom. The van der Waals surface area contributed by atoms with E-state index in [1.807, 2.05) is 12.5 Å². The van der Waals surface area contributed by atoms with Gasteiger partial charge in [0, 0.05) is 6.04 Å². The van der Waals surface area contributed by atoms with E-state index in [9.17, 15) is 0 Å². The monoisotopic (exact) mass is 250 g/mol. The summed E-state index contributed by atoms with van der Waals surface area (Å²) >= 11 is 2.29. The summed E-state index contributed by atoms with van der Waals surface area (Å²) in [5, 5.41) is 0. The molecular formula is C7H11IN2. The quantitative estimate of drug-likeness (QED) is 0.737. The summed E-state index contributed by atoms with van der Waals surface area (Å²) in [6, 6.07) is 0.578. The predicted octanol–water partition coefficient (Wildman–Crippen LogP) is 2.46. The smallest absolute Gasteiger partial charge is 0.0997 e. The average Bonchev–Trinajstić information content (AvgIpc) is 2.34. The molecule has 0 radical (unpaired) electrons. The van der Waals surface area contributed by atoms with Crippen molar-refractivity contribution in [1.29, 1.82) is 0 Å². The van der Waals surface area contributed by atoms with E-state index in [0.717, 1.165) is 6.42 Å². The fraction of sp³-hybridized carbons (Fsp3) is 0.571. The maximum absolute atomic E-state index is 4.05. The maximum Gasteiger partial charge on any atom is 0.0997 e. The van der Waals surface area contributed by atoms with Crippen molar-refractivity contribution in [2.24, 2.45) is 0 Å². The van der Waals surface area contributed by atoms with Gasteiger partial charge in [0.25, 0.3) is 0 Å². The van der Waals surface area contributed by atoms with Gasteiger partial charge < -0.3 is 4.57 Å². The van der Waals surface area contributed by atoms with Crippen LogP contribution in [0.5, 0.6) is 0 Å². The van der Waals surface area contributed by atoms with Crippen molar-refractivity contribution in [2.45, 2.75) is 26.3 Å². The van der Waals surface area contributed by atoms with Gasteiger partial charge in [-0.2, -0.15) is 0 Å². The Labute approximate surface area is 74.8 Å². The van der Waals surface area contributed by atoms with Crippen LogP contribution in [-0.4, -0.2) is 9.55 Å². The molecule has 0 unspecified atom stereocenters. The summed E-state index contributed by atoms with van der Waals surface area (Å²) < 4.78 is 3.40. The largest absolute Gasteiger partial charge is 0.323 e. The molecule has 0 saturated heterocycles. The Morgan fingerprint density at radius 3 is 2.90 bits per heavy atom. The molecule has 0 N–H and O–H groups in total. The predicted molar refractivity (Wildman–Crippen MR) is 49.9 cm³/mol. The molecule has 1 rings (SSSR count). The first-order valence-corrected chi connectivity index (χ1v) is 4.51. The van der Waals surface area contributed by atoms with Crippen LogP contribution in [0.4, 0.5) is 0 Å². The lowest BCUT2D eigenvalue weighted by molar-refractivity contribution is 0.521. The second-order valence-corrected chi connectivity index (χ2v) is 3.49. The fourth-order valence-electron chi connectivity index (χ4n) is 0.810. The van der Waals surface area contributed by atoms with Crippen LogP contribution in [0.2, 0.25) is 0 Å². The lowest BCUT2D eigenvalue weighted by Crippen LogP contribution is -2.03. The van der Waals surface area contributed by atoms with Crippen molar-refractivity contribution in [3.05, 3.63) is 16.2 Å². The van der Waals surface area contributed by atoms with Gasteiger partial charge in [-0.15, -0.1) is 0 Å². The second kappa shape index (κ2) is 3.37. The molecular weight excluding hydrogens is 239 g/mol. The Bertz CT molecular complexity index is 207. The lowest BCUT2D eigenvalue weighted by atomic mass is 10.3. The van der Waals surface area contributed by atoms with Crippen molar-refractivity contribution < 1.29 is 0 Å². The van der Waals surface area contributed by atoms with Crippen LogP contribution in [-0.2, 0) is 0 Å². The number of hydrogen-bond donors (Lipinski definition) is 0. The highest BCUT2D eigenvalue weighted by Gasteiger charge is 2.03. The molecule has 0 aliphatic heterocycles. The first-order valence-electron chi connectivity index (χ1n) is 3.43. The average molecular weight is 250 g/mol. The third-order valence-corrected chi connectivity index (χ3v) is 2.52. The van der Waals surface area contributed by atoms with Gasteiger partial charge in [0.2, 0.25) is 0 Å². The van der Waals surface area contributed by atoms with E-state index >= 15 is 0 Å². The molecule has 0 amide bonds. The van der Waals surface area contributed by atoms with Crippen LogP contribution in [0.3, 0.4) is 0 Å². The molecule has 1 atom stereocenters. The Kier molecular flexibility index (Phi) is 2.71. The first kappa shape index (κ1) is 8.04. The summed E-state index contributed by atoms with van der Waals surface area (Å²) in [6.45, 7) is 4.38. The number of imidazole rings is 1. The van der Waals surface area contributed by atoms with Crippen molar-refractivity contribution in [3.63, 3.8) is 0 Å². The molecule has 1 aromatic rings. The van der Waals surface area contributed by atoms with E-state index in [-0.39, 0.29) is 0 Å². The molecule has 10 heavy (non-hydrogen) atoms. The number of aromatic nitrogens is 2. The van der Waals surface area contributed by atoms with Gasteiger partial charge in [0.15, 0.2) is 0 Å². The van der Waals surface area contributed by atoms with Crippen LogP contribution in [0.15, 0.2) is 12.5 Å². The van der Waals surface area contributed by atoms with E-state index in [1.165, 1.54) is 3.70 Å². The van der Waals surface area contributed by atoms with E-state index in [4.69, 9.17) is 0 Å². The molecule has 56 valence electrons. The number of rotatable bonds is 2. The molecule has 0 fully saturated rings. The minimum absolute atomic E-state index is 0.578. The van der Waals surface area contributed by atoms with E-state index in [0.29, 0.717) is 6.04 Å². The van der Waals surface area contributed by atoms with Crippen molar-refractivity contribution in [2.75, 3.05) is 0 Å². The SMILES string of the molecule is CC[C@H](C)n1cncc1I. The lowest BCUT2D eigenvalue weighted by Gasteiger charge is -2.10. The molecule has 3 heteroatoms. The normalized spacial score (nSPS) is 13.5. The fourth-order valence-corrected chi connectivity index (χ4v) is 1.57. The van der Waals surface area contributed by atoms with Gasteiger partial charge >= 0.3 is 0 Å². The Balaban J connectivity index is 2.82. The number of halogens is 1. The standard InChI is InChI=1S/C7H11IN2/c1-3-6(2)10-5-9-4-7(10)8/h4-6H,3H2,1-2H3/t6-/m0/s1. The van der Waals surface area contributed by atoms with Crippen LogP contribution in [0.25, 0.3) is 0 Å². The summed E-state index contributed by atoms with van der Waals surface area (Å²) in [4.78, 5) is 4.05. The van der Waals surface area contributed by atoms with Crippen LogP contribution in [0.1, 0.15) is 26.3 Å². The van der Waals surface area contributed by atoms with Crippen molar-refractivity contribution in [1.82, 2.24) is 9.55 Å². The van der Waals surface area contributed by atoms with Gasteiger partial charge in [-0.1, -0.05) is 6.92 Å². The summed E-state index contributed by atoms with van der Waals surface area (Å²) in [7, 11) is 0. The van der Waals surface area contributed by atoms with Gasteiger partial charge in [-0.25, -0.2) is 4.98 Å². The van der Waals surface area contributed by atoms with Crippen molar-refractivity contribution >= 4 is 22.6 Å². The minimum atomic E-state index is 0.578. The highest BCUT2D eigenvalue weighted by atomic mass is 127. The van der Waals surface area contributed by atoms with E-state index in [2.05, 4.69) is 46.0 Å². The van der Waals surface area contributed by atoms with Crippen LogP contribution < -0.4 is 0 Å². The summed E-state index contributed by atoms with van der Waals surface area (Å²) in [6.07, 6.45) is 4.93. The molecule has 0 aliphatic rings.